The molecule has 0 bridgehead atoms. The summed E-state index contributed by atoms with van der Waals surface area (Å²) >= 11 is 1.23. The Morgan fingerprint density at radius 1 is 1.22 bits per heavy atom. The minimum Gasteiger partial charge on any atom is -0.497 e. The van der Waals surface area contributed by atoms with Gasteiger partial charge in [0.25, 0.3) is 0 Å². The van der Waals surface area contributed by atoms with E-state index in [1.807, 2.05) is 23.1 Å². The van der Waals surface area contributed by atoms with Crippen LogP contribution in [0.3, 0.4) is 0 Å². The summed E-state index contributed by atoms with van der Waals surface area (Å²) in [5.74, 6) is 2.29. The van der Waals surface area contributed by atoms with Crippen molar-refractivity contribution in [2.75, 3.05) is 38.0 Å². The molecule has 144 valence electrons. The van der Waals surface area contributed by atoms with Gasteiger partial charge in [-0.2, -0.15) is 0 Å². The van der Waals surface area contributed by atoms with Gasteiger partial charge in [-0.05, 0) is 31.0 Å². The molecule has 1 aromatic heterocycles. The molecule has 3 rings (SSSR count). The summed E-state index contributed by atoms with van der Waals surface area (Å²) in [6.07, 6.45) is 1.81. The molecule has 1 amide bonds. The van der Waals surface area contributed by atoms with Crippen molar-refractivity contribution < 1.29 is 14.3 Å². The minimum atomic E-state index is -0.0463. The predicted octanol–water partition coefficient (Wildman–Crippen LogP) is 2.11. The Labute approximate surface area is 162 Å². The van der Waals surface area contributed by atoms with Gasteiger partial charge < -0.3 is 25.8 Å². The number of carbonyl (C=O) groups is 1. The molecule has 1 atom stereocenters. The van der Waals surface area contributed by atoms with E-state index in [2.05, 4.69) is 9.97 Å². The number of rotatable bonds is 6. The van der Waals surface area contributed by atoms with Crippen molar-refractivity contribution in [1.29, 1.82) is 0 Å². The lowest BCUT2D eigenvalue weighted by Gasteiger charge is -2.26. The standard InChI is InChI=1S/C18H23N5O3S/c1-25-11-5-6-14(26-2)12(8-11)13-4-3-7-23(13)17(24)10-27-18-21-15(19)9-16(20)22-18/h5-6,8-9,13H,3-4,7,10H2,1-2H3,(H4,19,20,21,22)/t13-/m0/s1. The highest BCUT2D eigenvalue weighted by molar-refractivity contribution is 7.99. The van der Waals surface area contributed by atoms with Gasteiger partial charge in [0.2, 0.25) is 5.91 Å². The van der Waals surface area contributed by atoms with Crippen LogP contribution in [0, 0.1) is 0 Å². The van der Waals surface area contributed by atoms with Crippen LogP contribution in [0.15, 0.2) is 29.4 Å². The number of thioether (sulfide) groups is 1. The van der Waals surface area contributed by atoms with E-state index in [0.717, 1.165) is 29.9 Å². The van der Waals surface area contributed by atoms with Crippen molar-refractivity contribution in [1.82, 2.24) is 14.9 Å². The number of amides is 1. The van der Waals surface area contributed by atoms with Gasteiger partial charge in [0, 0.05) is 18.2 Å². The molecule has 4 N–H and O–H groups in total. The second kappa shape index (κ2) is 8.34. The third-order valence-corrected chi connectivity index (χ3v) is 5.27. The smallest absolute Gasteiger partial charge is 0.233 e. The molecule has 1 aliphatic rings. The third kappa shape index (κ3) is 4.36. The molecule has 2 heterocycles. The van der Waals surface area contributed by atoms with Crippen LogP contribution < -0.4 is 20.9 Å². The zero-order chi connectivity index (χ0) is 19.4. The highest BCUT2D eigenvalue weighted by Gasteiger charge is 2.32. The Balaban J connectivity index is 1.75. The molecule has 0 radical (unpaired) electrons. The number of nitrogen functional groups attached to an aromatic ring is 2. The maximum absolute atomic E-state index is 12.8. The van der Waals surface area contributed by atoms with Crippen molar-refractivity contribution in [2.45, 2.75) is 24.0 Å². The van der Waals surface area contributed by atoms with Gasteiger partial charge in [-0.15, -0.1) is 0 Å². The van der Waals surface area contributed by atoms with Gasteiger partial charge in [-0.3, -0.25) is 4.79 Å². The molecule has 8 nitrogen and oxygen atoms in total. The Morgan fingerprint density at radius 2 is 1.96 bits per heavy atom. The number of nitrogens with zero attached hydrogens (tertiary/aromatic N) is 3. The van der Waals surface area contributed by atoms with Gasteiger partial charge in [0.1, 0.15) is 23.1 Å². The molecule has 0 aliphatic carbocycles. The number of aromatic nitrogens is 2. The number of carbonyl (C=O) groups excluding carboxylic acids is 1. The molecular weight excluding hydrogens is 366 g/mol. The molecule has 1 aromatic carbocycles. The normalized spacial score (nSPS) is 16.4. The summed E-state index contributed by atoms with van der Waals surface area (Å²) in [4.78, 5) is 22.9. The first-order chi connectivity index (χ1) is 13.0. The second-order valence-electron chi connectivity index (χ2n) is 6.14. The van der Waals surface area contributed by atoms with Crippen molar-refractivity contribution in [2.24, 2.45) is 0 Å². The molecule has 1 saturated heterocycles. The fourth-order valence-corrected chi connectivity index (χ4v) is 3.98. The van der Waals surface area contributed by atoms with Crippen LogP contribution in [-0.4, -0.2) is 47.3 Å². The number of hydrogen-bond acceptors (Lipinski definition) is 8. The maximum Gasteiger partial charge on any atom is 0.233 e. The van der Waals surface area contributed by atoms with Crippen LogP contribution >= 0.6 is 11.8 Å². The summed E-state index contributed by atoms with van der Waals surface area (Å²) in [5, 5.41) is 0.399. The van der Waals surface area contributed by atoms with Gasteiger partial charge in [-0.25, -0.2) is 9.97 Å². The first kappa shape index (κ1) is 19.1. The Hall–Kier alpha value is -2.68. The summed E-state index contributed by atoms with van der Waals surface area (Å²) in [7, 11) is 3.25. The second-order valence-corrected chi connectivity index (χ2v) is 7.08. The molecule has 0 unspecified atom stereocenters. The molecule has 1 fully saturated rings. The summed E-state index contributed by atoms with van der Waals surface area (Å²) in [5.41, 5.74) is 12.3. The van der Waals surface area contributed by atoms with E-state index in [-0.39, 0.29) is 29.3 Å². The number of methoxy groups -OCH3 is 2. The summed E-state index contributed by atoms with van der Waals surface area (Å²) < 4.78 is 10.8. The highest BCUT2D eigenvalue weighted by Crippen LogP contribution is 2.39. The van der Waals surface area contributed by atoms with Crippen LogP contribution in [0.1, 0.15) is 24.4 Å². The van der Waals surface area contributed by atoms with Gasteiger partial charge in [0.05, 0.1) is 26.0 Å². The average molecular weight is 389 g/mol. The summed E-state index contributed by atoms with van der Waals surface area (Å²) in [6, 6.07) is 7.09. The van der Waals surface area contributed by atoms with Gasteiger partial charge in [0.15, 0.2) is 5.16 Å². The number of nitrogens with two attached hydrogens (primary N) is 2. The largest absolute Gasteiger partial charge is 0.497 e. The number of ether oxygens (including phenoxy) is 2. The van der Waals surface area contributed by atoms with Gasteiger partial charge in [-0.1, -0.05) is 11.8 Å². The van der Waals surface area contributed by atoms with E-state index in [9.17, 15) is 4.79 Å². The van der Waals surface area contributed by atoms with Crippen molar-refractivity contribution >= 4 is 29.3 Å². The van der Waals surface area contributed by atoms with Gasteiger partial charge >= 0.3 is 0 Å². The van der Waals surface area contributed by atoms with E-state index < -0.39 is 0 Å². The molecule has 1 aliphatic heterocycles. The SMILES string of the molecule is COc1ccc(OC)c([C@@H]2CCCN2C(=O)CSc2nc(N)cc(N)n2)c1. The van der Waals surface area contributed by atoms with E-state index in [4.69, 9.17) is 20.9 Å². The lowest BCUT2D eigenvalue weighted by molar-refractivity contribution is -0.129. The van der Waals surface area contributed by atoms with Crippen LogP contribution in [0.4, 0.5) is 11.6 Å². The Kier molecular flexibility index (Phi) is 5.90. The molecule has 0 spiro atoms. The fraction of sp³-hybridized carbons (Fsp3) is 0.389. The van der Waals surface area contributed by atoms with Crippen LogP contribution in [-0.2, 0) is 4.79 Å². The third-order valence-electron chi connectivity index (χ3n) is 4.44. The van der Waals surface area contributed by atoms with E-state index >= 15 is 0 Å². The molecular formula is C18H23N5O3S. The first-order valence-electron chi connectivity index (χ1n) is 8.56. The Morgan fingerprint density at radius 3 is 2.63 bits per heavy atom. The maximum atomic E-state index is 12.8. The number of benzene rings is 1. The zero-order valence-electron chi connectivity index (χ0n) is 15.3. The Bertz CT molecular complexity index is 812. The van der Waals surface area contributed by atoms with E-state index in [1.54, 1.807) is 14.2 Å². The average Bonchev–Trinajstić information content (AvgIpc) is 3.14. The van der Waals surface area contributed by atoms with Crippen molar-refractivity contribution in [3.63, 3.8) is 0 Å². The minimum absolute atomic E-state index is 0.0111. The number of likely N-dealkylation sites (tertiary alicyclic amines) is 1. The molecule has 9 heteroatoms. The lowest BCUT2D eigenvalue weighted by Crippen LogP contribution is -2.32. The zero-order valence-corrected chi connectivity index (χ0v) is 16.2. The van der Waals surface area contributed by atoms with Crippen molar-refractivity contribution in [3.8, 4) is 11.5 Å². The predicted molar refractivity (Wildman–Crippen MR) is 105 cm³/mol. The number of anilines is 2. The topological polar surface area (TPSA) is 117 Å². The van der Waals surface area contributed by atoms with E-state index in [0.29, 0.717) is 11.7 Å². The first-order valence-corrected chi connectivity index (χ1v) is 9.54. The lowest BCUT2D eigenvalue weighted by atomic mass is 10.0. The van der Waals surface area contributed by atoms with E-state index in [1.165, 1.54) is 17.8 Å². The van der Waals surface area contributed by atoms with Crippen LogP contribution in [0.5, 0.6) is 11.5 Å². The number of hydrogen-bond donors (Lipinski definition) is 2. The van der Waals surface area contributed by atoms with Crippen LogP contribution in [0.25, 0.3) is 0 Å². The molecule has 27 heavy (non-hydrogen) atoms. The monoisotopic (exact) mass is 389 g/mol. The van der Waals surface area contributed by atoms with Crippen molar-refractivity contribution in [3.05, 3.63) is 29.8 Å². The van der Waals surface area contributed by atoms with Crippen LogP contribution in [0.2, 0.25) is 0 Å². The highest BCUT2D eigenvalue weighted by atomic mass is 32.2. The molecule has 0 saturated carbocycles. The quantitative estimate of drug-likeness (QED) is 0.570. The molecule has 2 aromatic rings. The fourth-order valence-electron chi connectivity index (χ4n) is 3.22. The summed E-state index contributed by atoms with van der Waals surface area (Å²) in [6.45, 7) is 0.699.